The molecule has 0 amide bonds. The number of hydrogen-bond acceptors (Lipinski definition) is 4. The van der Waals surface area contributed by atoms with Crippen LogP contribution >= 0.6 is 0 Å². The van der Waals surface area contributed by atoms with Gasteiger partial charge in [-0.3, -0.25) is 0 Å². The first-order valence-corrected chi connectivity index (χ1v) is 4.24. The molecule has 1 aromatic rings. The van der Waals surface area contributed by atoms with Gasteiger partial charge in [0.25, 0.3) is 0 Å². The molecule has 2 rings (SSSR count). The van der Waals surface area contributed by atoms with Crippen LogP contribution in [0.4, 0.5) is 0 Å². The summed E-state index contributed by atoms with van der Waals surface area (Å²) in [5.74, 6) is -0.823. The van der Waals surface area contributed by atoms with Crippen molar-refractivity contribution in [3.8, 4) is 0 Å². The van der Waals surface area contributed by atoms with Gasteiger partial charge in [0, 0.05) is 5.56 Å². The SMILES string of the molecule is O=C([O-])[C@@H]1COC(c2ccccc2)=N1.[Na+]. The van der Waals surface area contributed by atoms with Crippen molar-refractivity contribution in [2.45, 2.75) is 6.04 Å². The van der Waals surface area contributed by atoms with Crippen molar-refractivity contribution in [3.63, 3.8) is 0 Å². The van der Waals surface area contributed by atoms with E-state index in [1.807, 2.05) is 30.3 Å². The standard InChI is InChI=1S/C10H9NO3.Na/c12-10(13)8-6-14-9(11-8)7-4-2-1-3-5-7;/h1-5,8H,6H2,(H,12,13);/q;+1/p-1/t8-;/m0./s1. The summed E-state index contributed by atoms with van der Waals surface area (Å²) in [6.45, 7) is 0.0621. The van der Waals surface area contributed by atoms with Crippen molar-refractivity contribution in [2.24, 2.45) is 4.99 Å². The normalized spacial score (nSPS) is 18.7. The van der Waals surface area contributed by atoms with Crippen LogP contribution in [0.1, 0.15) is 5.56 Å². The Labute approximate surface area is 109 Å². The molecule has 0 bridgehead atoms. The Morgan fingerprint density at radius 1 is 1.40 bits per heavy atom. The second-order valence-electron chi connectivity index (χ2n) is 2.95. The summed E-state index contributed by atoms with van der Waals surface area (Å²) in [5, 5.41) is 10.5. The molecule has 15 heavy (non-hydrogen) atoms. The summed E-state index contributed by atoms with van der Waals surface area (Å²) >= 11 is 0. The van der Waals surface area contributed by atoms with E-state index in [0.29, 0.717) is 5.90 Å². The molecule has 0 saturated carbocycles. The molecule has 1 aromatic carbocycles. The van der Waals surface area contributed by atoms with Crippen LogP contribution in [-0.4, -0.2) is 24.5 Å². The zero-order chi connectivity index (χ0) is 9.97. The molecule has 1 heterocycles. The quantitative estimate of drug-likeness (QED) is 0.481. The molecule has 0 fully saturated rings. The number of aliphatic carboxylic acids is 1. The number of rotatable bonds is 2. The molecule has 0 radical (unpaired) electrons. The minimum Gasteiger partial charge on any atom is -0.548 e. The topological polar surface area (TPSA) is 61.7 Å². The van der Waals surface area contributed by atoms with Crippen molar-refractivity contribution in [1.82, 2.24) is 0 Å². The van der Waals surface area contributed by atoms with Gasteiger partial charge in [0.15, 0.2) is 0 Å². The van der Waals surface area contributed by atoms with Crippen molar-refractivity contribution in [2.75, 3.05) is 6.61 Å². The number of ether oxygens (including phenoxy) is 1. The third-order valence-corrected chi connectivity index (χ3v) is 1.94. The minimum atomic E-state index is -1.20. The Morgan fingerprint density at radius 2 is 2.07 bits per heavy atom. The monoisotopic (exact) mass is 213 g/mol. The average Bonchev–Trinajstić information content (AvgIpc) is 2.68. The molecule has 0 N–H and O–H groups in total. The van der Waals surface area contributed by atoms with Gasteiger partial charge in [0.2, 0.25) is 5.90 Å². The Kier molecular flexibility index (Phi) is 4.32. The van der Waals surface area contributed by atoms with Gasteiger partial charge in [-0.1, -0.05) is 18.2 Å². The molecule has 4 nitrogen and oxygen atoms in total. The Hall–Kier alpha value is -0.840. The van der Waals surface area contributed by atoms with E-state index in [-0.39, 0.29) is 36.2 Å². The number of carbonyl (C=O) groups is 1. The number of benzene rings is 1. The molecule has 5 heteroatoms. The predicted octanol–water partition coefficient (Wildman–Crippen LogP) is -3.41. The summed E-state index contributed by atoms with van der Waals surface area (Å²) in [7, 11) is 0. The largest absolute Gasteiger partial charge is 1.00 e. The maximum absolute atomic E-state index is 10.5. The maximum Gasteiger partial charge on any atom is 1.00 e. The average molecular weight is 213 g/mol. The first kappa shape index (κ1) is 12.2. The van der Waals surface area contributed by atoms with Crippen LogP contribution in [-0.2, 0) is 9.53 Å². The number of carboxylic acids is 1. The van der Waals surface area contributed by atoms with Crippen LogP contribution in [0, 0.1) is 0 Å². The summed E-state index contributed by atoms with van der Waals surface area (Å²) in [6, 6.07) is 8.31. The van der Waals surface area contributed by atoms with Gasteiger partial charge >= 0.3 is 29.6 Å². The van der Waals surface area contributed by atoms with Gasteiger partial charge in [-0.05, 0) is 12.1 Å². The zero-order valence-electron chi connectivity index (χ0n) is 8.34. The van der Waals surface area contributed by atoms with E-state index in [0.717, 1.165) is 5.56 Å². The molecule has 1 aliphatic rings. The first-order valence-electron chi connectivity index (χ1n) is 4.24. The van der Waals surface area contributed by atoms with Crippen LogP contribution in [0.25, 0.3) is 0 Å². The molecule has 0 spiro atoms. The zero-order valence-corrected chi connectivity index (χ0v) is 10.3. The fourth-order valence-electron chi connectivity index (χ4n) is 1.23. The Morgan fingerprint density at radius 3 is 2.60 bits per heavy atom. The van der Waals surface area contributed by atoms with Crippen molar-refractivity contribution in [1.29, 1.82) is 0 Å². The second-order valence-corrected chi connectivity index (χ2v) is 2.95. The van der Waals surface area contributed by atoms with E-state index >= 15 is 0 Å². The fourth-order valence-corrected chi connectivity index (χ4v) is 1.23. The van der Waals surface area contributed by atoms with E-state index in [2.05, 4.69) is 4.99 Å². The second kappa shape index (κ2) is 5.30. The molecule has 1 aliphatic heterocycles. The van der Waals surface area contributed by atoms with Crippen molar-refractivity contribution < 1.29 is 44.2 Å². The summed E-state index contributed by atoms with van der Waals surface area (Å²) in [4.78, 5) is 14.4. The fraction of sp³-hybridized carbons (Fsp3) is 0.200. The van der Waals surface area contributed by atoms with E-state index in [1.54, 1.807) is 0 Å². The maximum atomic E-state index is 10.5. The predicted molar refractivity (Wildman–Crippen MR) is 47.7 cm³/mol. The third-order valence-electron chi connectivity index (χ3n) is 1.94. The summed E-state index contributed by atoms with van der Waals surface area (Å²) < 4.78 is 5.14. The van der Waals surface area contributed by atoms with E-state index in [1.165, 1.54) is 0 Å². The number of carbonyl (C=O) groups excluding carboxylic acids is 1. The van der Waals surface area contributed by atoms with Crippen LogP contribution in [0.3, 0.4) is 0 Å². The number of carboxylic acid groups (broad SMARTS) is 1. The van der Waals surface area contributed by atoms with Crippen LogP contribution in [0.15, 0.2) is 35.3 Å². The van der Waals surface area contributed by atoms with Gasteiger partial charge in [-0.15, -0.1) is 0 Å². The molecular weight excluding hydrogens is 205 g/mol. The smallest absolute Gasteiger partial charge is 0.548 e. The minimum absolute atomic E-state index is 0. The van der Waals surface area contributed by atoms with E-state index < -0.39 is 12.0 Å². The molecule has 0 unspecified atom stereocenters. The summed E-state index contributed by atoms with van der Waals surface area (Å²) in [6.07, 6.45) is 0. The van der Waals surface area contributed by atoms with Crippen molar-refractivity contribution in [3.05, 3.63) is 35.9 Å². The van der Waals surface area contributed by atoms with Gasteiger partial charge in [0.1, 0.15) is 12.6 Å². The van der Waals surface area contributed by atoms with Crippen LogP contribution in [0.2, 0.25) is 0 Å². The molecule has 0 saturated heterocycles. The molecule has 0 aromatic heterocycles. The number of aliphatic imine (C=N–C) groups is 1. The molecule has 72 valence electrons. The van der Waals surface area contributed by atoms with E-state index in [4.69, 9.17) is 4.74 Å². The molecule has 0 aliphatic carbocycles. The van der Waals surface area contributed by atoms with Crippen molar-refractivity contribution >= 4 is 11.9 Å². The number of hydrogen-bond donors (Lipinski definition) is 0. The van der Waals surface area contributed by atoms with Crippen LogP contribution < -0.4 is 34.7 Å². The molecule has 1 atom stereocenters. The summed E-state index contributed by atoms with van der Waals surface area (Å²) in [5.41, 5.74) is 0.788. The Bertz CT molecular complexity index is 378. The third kappa shape index (κ3) is 2.81. The molecular formula is C10H8NNaO3. The Balaban J connectivity index is 0.00000112. The number of nitrogens with zero attached hydrogens (tertiary/aromatic N) is 1. The van der Waals surface area contributed by atoms with Crippen LogP contribution in [0.5, 0.6) is 0 Å². The van der Waals surface area contributed by atoms with E-state index in [9.17, 15) is 9.90 Å². The first-order chi connectivity index (χ1) is 6.77. The van der Waals surface area contributed by atoms with Gasteiger partial charge in [-0.25, -0.2) is 4.99 Å². The van der Waals surface area contributed by atoms with Gasteiger partial charge in [0.05, 0.1) is 5.97 Å². The van der Waals surface area contributed by atoms with Gasteiger partial charge in [-0.2, -0.15) is 0 Å². The van der Waals surface area contributed by atoms with Gasteiger partial charge < -0.3 is 14.6 Å².